The minimum atomic E-state index is -0.292. The lowest BCUT2D eigenvalue weighted by Crippen LogP contribution is -2.33. The van der Waals surface area contributed by atoms with E-state index in [1.165, 1.54) is 10.5 Å². The number of imide groups is 1. The molecule has 148 valence electrons. The van der Waals surface area contributed by atoms with Crippen LogP contribution in [0.2, 0.25) is 0 Å². The highest BCUT2D eigenvalue weighted by atomic mass is 16.5. The number of aryl methyl sites for hydroxylation is 1. The molecule has 0 aliphatic carbocycles. The monoisotopic (exact) mass is 381 g/mol. The summed E-state index contributed by atoms with van der Waals surface area (Å²) in [6.45, 7) is 4.27. The molecule has 0 aromatic heterocycles. The summed E-state index contributed by atoms with van der Waals surface area (Å²) in [5.74, 6) is 0.567. The van der Waals surface area contributed by atoms with E-state index < -0.39 is 0 Å². The molecule has 2 aromatic rings. The van der Waals surface area contributed by atoms with Gasteiger partial charge in [-0.1, -0.05) is 42.8 Å². The molecule has 1 heterocycles. The molecule has 0 radical (unpaired) electrons. The smallest absolute Gasteiger partial charge is 0.233 e. The van der Waals surface area contributed by atoms with Crippen LogP contribution in [0.4, 0.5) is 0 Å². The van der Waals surface area contributed by atoms with Crippen molar-refractivity contribution in [3.05, 3.63) is 59.2 Å². The first-order valence-electron chi connectivity index (χ1n) is 9.56. The fourth-order valence-corrected chi connectivity index (χ4v) is 3.68. The van der Waals surface area contributed by atoms with Crippen molar-refractivity contribution in [1.82, 2.24) is 4.90 Å². The number of nitrogens with zero attached hydrogens (tertiary/aromatic N) is 1. The van der Waals surface area contributed by atoms with E-state index in [2.05, 4.69) is 0 Å². The van der Waals surface area contributed by atoms with Gasteiger partial charge in [0.2, 0.25) is 11.8 Å². The average molecular weight is 381 g/mol. The topological polar surface area (TPSA) is 55.8 Å². The molecule has 1 aliphatic rings. The molecule has 5 heteroatoms. The Kier molecular flexibility index (Phi) is 6.02. The molecule has 2 atom stereocenters. The molecule has 5 nitrogen and oxygen atoms in total. The van der Waals surface area contributed by atoms with E-state index >= 15 is 0 Å². The Morgan fingerprint density at radius 1 is 0.893 bits per heavy atom. The van der Waals surface area contributed by atoms with E-state index in [9.17, 15) is 9.59 Å². The molecule has 0 unspecified atom stereocenters. The summed E-state index contributed by atoms with van der Waals surface area (Å²) >= 11 is 0. The zero-order valence-electron chi connectivity index (χ0n) is 16.9. The van der Waals surface area contributed by atoms with Gasteiger partial charge in [0.05, 0.1) is 20.1 Å². The summed E-state index contributed by atoms with van der Waals surface area (Å²) in [5, 5.41) is 0. The van der Waals surface area contributed by atoms with Gasteiger partial charge in [0.1, 0.15) is 0 Å². The Balaban J connectivity index is 1.68. The van der Waals surface area contributed by atoms with Crippen LogP contribution in [0.5, 0.6) is 11.5 Å². The molecule has 0 spiro atoms. The Morgan fingerprint density at radius 3 is 2.18 bits per heavy atom. The third kappa shape index (κ3) is 4.03. The first kappa shape index (κ1) is 19.9. The molecule has 0 N–H and O–H groups in total. The summed E-state index contributed by atoms with van der Waals surface area (Å²) in [6, 6.07) is 13.8. The summed E-state index contributed by atoms with van der Waals surface area (Å²) in [5.41, 5.74) is 3.26. The number of hydrogen-bond acceptors (Lipinski definition) is 4. The Labute approximate surface area is 166 Å². The van der Waals surface area contributed by atoms with E-state index in [4.69, 9.17) is 9.47 Å². The first-order valence-corrected chi connectivity index (χ1v) is 9.56. The summed E-state index contributed by atoms with van der Waals surface area (Å²) < 4.78 is 10.6. The van der Waals surface area contributed by atoms with Crippen molar-refractivity contribution < 1.29 is 19.1 Å². The maximum Gasteiger partial charge on any atom is 0.233 e. The number of ether oxygens (including phenoxy) is 2. The van der Waals surface area contributed by atoms with Gasteiger partial charge in [0.15, 0.2) is 11.5 Å². The van der Waals surface area contributed by atoms with Crippen LogP contribution in [-0.2, 0) is 22.4 Å². The van der Waals surface area contributed by atoms with Crippen molar-refractivity contribution >= 4 is 11.8 Å². The molecule has 0 saturated carbocycles. The van der Waals surface area contributed by atoms with Gasteiger partial charge in [-0.15, -0.1) is 0 Å². The second kappa shape index (κ2) is 8.46. The van der Waals surface area contributed by atoms with Crippen LogP contribution in [0.1, 0.15) is 23.6 Å². The third-order valence-electron chi connectivity index (χ3n) is 5.49. The van der Waals surface area contributed by atoms with Gasteiger partial charge in [-0.2, -0.15) is 0 Å². The van der Waals surface area contributed by atoms with E-state index in [1.54, 1.807) is 14.2 Å². The second-order valence-corrected chi connectivity index (χ2v) is 7.35. The fourth-order valence-electron chi connectivity index (χ4n) is 3.68. The lowest BCUT2D eigenvalue weighted by Gasteiger charge is -2.16. The molecule has 2 aromatic carbocycles. The van der Waals surface area contributed by atoms with Crippen molar-refractivity contribution in [1.29, 1.82) is 0 Å². The minimum Gasteiger partial charge on any atom is -0.493 e. The number of amides is 2. The molecular formula is C23H27NO4. The quantitative estimate of drug-likeness (QED) is 0.690. The predicted octanol–water partition coefficient (Wildman–Crippen LogP) is 3.42. The van der Waals surface area contributed by atoms with Crippen LogP contribution < -0.4 is 9.47 Å². The number of rotatable bonds is 7. The Morgan fingerprint density at radius 2 is 1.54 bits per heavy atom. The molecule has 1 saturated heterocycles. The number of hydrogen-bond donors (Lipinski definition) is 0. The number of benzene rings is 2. The highest BCUT2D eigenvalue weighted by molar-refractivity contribution is 6.05. The van der Waals surface area contributed by atoms with E-state index in [0.29, 0.717) is 30.9 Å². The van der Waals surface area contributed by atoms with E-state index in [1.807, 2.05) is 56.3 Å². The summed E-state index contributed by atoms with van der Waals surface area (Å²) in [4.78, 5) is 27.0. The molecule has 28 heavy (non-hydrogen) atoms. The van der Waals surface area contributed by atoms with Crippen LogP contribution in [0.3, 0.4) is 0 Å². The van der Waals surface area contributed by atoms with Gasteiger partial charge < -0.3 is 9.47 Å². The summed E-state index contributed by atoms with van der Waals surface area (Å²) in [6.07, 6.45) is 1.18. The number of carbonyl (C=O) groups is 2. The minimum absolute atomic E-state index is 0.0708. The molecule has 2 amide bonds. The molecular weight excluding hydrogens is 354 g/mol. The van der Waals surface area contributed by atoms with Gasteiger partial charge in [-0.05, 0) is 43.0 Å². The average Bonchev–Trinajstić information content (AvgIpc) is 2.91. The van der Waals surface area contributed by atoms with Crippen molar-refractivity contribution in [2.75, 3.05) is 20.8 Å². The van der Waals surface area contributed by atoms with Crippen LogP contribution in [-0.4, -0.2) is 37.5 Å². The van der Waals surface area contributed by atoms with Crippen molar-refractivity contribution in [2.45, 2.75) is 26.7 Å². The zero-order valence-corrected chi connectivity index (χ0v) is 16.9. The van der Waals surface area contributed by atoms with Gasteiger partial charge in [0, 0.05) is 12.5 Å². The Hall–Kier alpha value is -2.82. The third-order valence-corrected chi connectivity index (χ3v) is 5.49. The van der Waals surface area contributed by atoms with Crippen molar-refractivity contribution in [3.8, 4) is 11.5 Å². The van der Waals surface area contributed by atoms with Crippen molar-refractivity contribution in [2.24, 2.45) is 11.8 Å². The normalized spacial score (nSPS) is 19.2. The summed E-state index contributed by atoms with van der Waals surface area (Å²) in [7, 11) is 3.18. The maximum atomic E-state index is 12.9. The number of methoxy groups -OCH3 is 2. The maximum absolute atomic E-state index is 12.9. The standard InChI is InChI=1S/C23H27NO4/c1-15-5-7-17(8-6-15)13-19-16(2)22(25)24(23(19)26)12-11-18-9-10-20(27-3)21(14-18)28-4/h5-10,14,16,19H,11-13H2,1-4H3/t16-,19-/m0/s1. The van der Waals surface area contributed by atoms with Gasteiger partial charge in [-0.25, -0.2) is 0 Å². The predicted molar refractivity (Wildman–Crippen MR) is 108 cm³/mol. The molecule has 1 aliphatic heterocycles. The van der Waals surface area contributed by atoms with Crippen LogP contribution in [0.25, 0.3) is 0 Å². The lowest BCUT2D eigenvalue weighted by atomic mass is 9.90. The zero-order chi connectivity index (χ0) is 20.3. The molecule has 0 bridgehead atoms. The second-order valence-electron chi connectivity index (χ2n) is 7.35. The molecule has 3 rings (SSSR count). The highest BCUT2D eigenvalue weighted by Crippen LogP contribution is 2.31. The SMILES string of the molecule is COc1ccc(CCN2C(=O)[C@@H](C)[C@H](Cc3ccc(C)cc3)C2=O)cc1OC. The van der Waals surface area contributed by atoms with Crippen LogP contribution in [0, 0.1) is 18.8 Å². The van der Waals surface area contributed by atoms with Crippen LogP contribution in [0.15, 0.2) is 42.5 Å². The van der Waals surface area contributed by atoms with E-state index in [0.717, 1.165) is 11.1 Å². The highest BCUT2D eigenvalue weighted by Gasteiger charge is 2.44. The van der Waals surface area contributed by atoms with Gasteiger partial charge >= 0.3 is 0 Å². The fraction of sp³-hybridized carbons (Fsp3) is 0.391. The first-order chi connectivity index (χ1) is 13.4. The molecule has 1 fully saturated rings. The number of likely N-dealkylation sites (tertiary alicyclic amines) is 1. The van der Waals surface area contributed by atoms with Crippen molar-refractivity contribution in [3.63, 3.8) is 0 Å². The Bertz CT molecular complexity index is 859. The van der Waals surface area contributed by atoms with Gasteiger partial charge in [-0.3, -0.25) is 14.5 Å². The number of carbonyl (C=O) groups excluding carboxylic acids is 2. The van der Waals surface area contributed by atoms with Gasteiger partial charge in [0.25, 0.3) is 0 Å². The largest absolute Gasteiger partial charge is 0.493 e. The lowest BCUT2D eigenvalue weighted by molar-refractivity contribution is -0.139. The van der Waals surface area contributed by atoms with E-state index in [-0.39, 0.29) is 23.7 Å². The van der Waals surface area contributed by atoms with Crippen LogP contribution >= 0.6 is 0 Å².